The second-order valence-corrected chi connectivity index (χ2v) is 9.17. The molecule has 3 aromatic carbocycles. The Kier molecular flexibility index (Phi) is 5.98. The third-order valence-electron chi connectivity index (χ3n) is 4.83. The van der Waals surface area contributed by atoms with Gasteiger partial charge in [0.05, 0.1) is 23.5 Å². The van der Waals surface area contributed by atoms with E-state index in [4.69, 9.17) is 11.6 Å². The molecule has 2 aromatic heterocycles. The van der Waals surface area contributed by atoms with Gasteiger partial charge in [-0.1, -0.05) is 69.1 Å². The van der Waals surface area contributed by atoms with Crippen LogP contribution in [0.3, 0.4) is 0 Å². The highest BCUT2D eigenvalue weighted by molar-refractivity contribution is 9.10. The molecule has 0 saturated heterocycles. The van der Waals surface area contributed by atoms with Gasteiger partial charge in [-0.15, -0.1) is 16.4 Å². The maximum atomic E-state index is 6.09. The summed E-state index contributed by atoms with van der Waals surface area (Å²) < 4.78 is 2.87. The number of nitrogens with one attached hydrogen (secondary N) is 1. The van der Waals surface area contributed by atoms with E-state index in [1.807, 2.05) is 82.9 Å². The normalized spacial score (nSPS) is 11.8. The first-order valence-corrected chi connectivity index (χ1v) is 11.8. The van der Waals surface area contributed by atoms with Crippen LogP contribution in [0.15, 0.2) is 87.8 Å². The predicted molar refractivity (Wildman–Crippen MR) is 134 cm³/mol. The summed E-state index contributed by atoms with van der Waals surface area (Å²) in [5.41, 5.74) is 8.57. The molecule has 0 fully saturated rings. The van der Waals surface area contributed by atoms with Gasteiger partial charge in [-0.2, -0.15) is 5.10 Å². The zero-order valence-corrected chi connectivity index (χ0v) is 19.8. The molecule has 0 saturated carbocycles. The van der Waals surface area contributed by atoms with Crippen molar-refractivity contribution < 1.29 is 0 Å². The van der Waals surface area contributed by atoms with Crippen molar-refractivity contribution >= 4 is 60.7 Å². The van der Waals surface area contributed by atoms with Crippen molar-refractivity contribution in [2.45, 2.75) is 6.54 Å². The number of hydrazone groups is 1. The van der Waals surface area contributed by atoms with E-state index in [-0.39, 0.29) is 0 Å². The monoisotopic (exact) mass is 522 g/mol. The van der Waals surface area contributed by atoms with E-state index >= 15 is 0 Å². The minimum atomic E-state index is 0.445. The lowest BCUT2D eigenvalue weighted by Crippen LogP contribution is -2.15. The van der Waals surface area contributed by atoms with Gasteiger partial charge in [-0.3, -0.25) is 5.43 Å². The fourth-order valence-corrected chi connectivity index (χ4v) is 4.25. The summed E-state index contributed by atoms with van der Waals surface area (Å²) in [4.78, 5) is 4.67. The molecule has 2 heterocycles. The minimum Gasteiger partial charge on any atom is -0.252 e. The van der Waals surface area contributed by atoms with Crippen LogP contribution in [0, 0.1) is 0 Å². The van der Waals surface area contributed by atoms with Crippen molar-refractivity contribution in [3.63, 3.8) is 0 Å². The second-order valence-electron chi connectivity index (χ2n) is 6.96. The molecule has 0 atom stereocenters. The lowest BCUT2D eigenvalue weighted by molar-refractivity contribution is 0.700. The fraction of sp³-hybridized carbons (Fsp3) is 0.0435. The molecular weight excluding hydrogens is 508 g/mol. The maximum Gasteiger partial charge on any atom is 0.203 e. The molecule has 0 aliphatic carbocycles. The Balaban J connectivity index is 1.44. The molecule has 0 radical (unpaired) electrons. The average molecular weight is 524 g/mol. The fourth-order valence-electron chi connectivity index (χ4n) is 3.20. The smallest absolute Gasteiger partial charge is 0.203 e. The Bertz CT molecular complexity index is 1390. The molecule has 0 spiro atoms. The molecule has 5 rings (SSSR count). The van der Waals surface area contributed by atoms with Crippen molar-refractivity contribution in [3.8, 4) is 11.3 Å². The van der Waals surface area contributed by atoms with Crippen LogP contribution in [0.5, 0.6) is 0 Å². The number of nitrogens with zero attached hydrogens (tertiary/aromatic N) is 5. The Labute approximate surface area is 201 Å². The molecule has 158 valence electrons. The third kappa shape index (κ3) is 4.57. The number of halogens is 2. The minimum absolute atomic E-state index is 0.445. The summed E-state index contributed by atoms with van der Waals surface area (Å²) in [5, 5.41) is 16.6. The van der Waals surface area contributed by atoms with Crippen LogP contribution < -0.4 is 5.43 Å². The van der Waals surface area contributed by atoms with E-state index in [2.05, 4.69) is 41.8 Å². The molecule has 0 bridgehead atoms. The van der Waals surface area contributed by atoms with Crippen LogP contribution in [-0.2, 0) is 6.54 Å². The number of hydrogen-bond acceptors (Lipinski definition) is 6. The number of aromatic nitrogens is 4. The maximum absolute atomic E-state index is 6.09. The lowest BCUT2D eigenvalue weighted by atomic mass is 10.1. The molecule has 0 amide bonds. The van der Waals surface area contributed by atoms with Gasteiger partial charge >= 0.3 is 0 Å². The number of hydrogen-bond donors (Lipinski definition) is 1. The van der Waals surface area contributed by atoms with Crippen LogP contribution in [0.2, 0.25) is 5.02 Å². The lowest BCUT2D eigenvalue weighted by Gasteiger charge is -2.08. The highest BCUT2D eigenvalue weighted by atomic mass is 79.9. The molecule has 0 aliphatic heterocycles. The van der Waals surface area contributed by atoms with Gasteiger partial charge in [0, 0.05) is 20.4 Å². The van der Waals surface area contributed by atoms with Gasteiger partial charge in [-0.25, -0.2) is 9.67 Å². The van der Waals surface area contributed by atoms with Gasteiger partial charge in [0.1, 0.15) is 5.52 Å². The Morgan fingerprint density at radius 3 is 2.62 bits per heavy atom. The van der Waals surface area contributed by atoms with Gasteiger partial charge in [0.25, 0.3) is 0 Å². The largest absolute Gasteiger partial charge is 0.252 e. The first-order chi connectivity index (χ1) is 15.7. The van der Waals surface area contributed by atoms with Crippen molar-refractivity contribution in [1.82, 2.24) is 20.0 Å². The van der Waals surface area contributed by atoms with Crippen LogP contribution in [0.25, 0.3) is 22.3 Å². The van der Waals surface area contributed by atoms with Gasteiger partial charge in [0.2, 0.25) is 5.13 Å². The highest BCUT2D eigenvalue weighted by Crippen LogP contribution is 2.26. The van der Waals surface area contributed by atoms with E-state index in [1.54, 1.807) is 0 Å². The number of benzene rings is 3. The third-order valence-corrected chi connectivity index (χ3v) is 6.36. The number of rotatable bonds is 6. The van der Waals surface area contributed by atoms with Gasteiger partial charge in [0.15, 0.2) is 0 Å². The predicted octanol–water partition coefficient (Wildman–Crippen LogP) is 6.49. The topological polar surface area (TPSA) is 68.0 Å². The van der Waals surface area contributed by atoms with Gasteiger partial charge < -0.3 is 0 Å². The van der Waals surface area contributed by atoms with Crippen molar-refractivity contribution in [2.24, 2.45) is 5.10 Å². The molecule has 0 unspecified atom stereocenters. The Morgan fingerprint density at radius 1 is 1.03 bits per heavy atom. The number of para-hydroxylation sites is 1. The van der Waals surface area contributed by atoms with Gasteiger partial charge in [-0.05, 0) is 42.0 Å². The molecule has 32 heavy (non-hydrogen) atoms. The van der Waals surface area contributed by atoms with Crippen molar-refractivity contribution in [1.29, 1.82) is 0 Å². The summed E-state index contributed by atoms with van der Waals surface area (Å²) in [5.74, 6) is 0. The second kappa shape index (κ2) is 9.20. The molecule has 6 nitrogen and oxygen atoms in total. The molecule has 1 N–H and O–H groups in total. The quantitative estimate of drug-likeness (QED) is 0.204. The van der Waals surface area contributed by atoms with Crippen LogP contribution in [0.1, 0.15) is 5.56 Å². The Morgan fingerprint density at radius 2 is 1.81 bits per heavy atom. The summed E-state index contributed by atoms with van der Waals surface area (Å²) in [6.45, 7) is 0.445. The highest BCUT2D eigenvalue weighted by Gasteiger charge is 2.11. The first kappa shape index (κ1) is 20.8. The zero-order valence-electron chi connectivity index (χ0n) is 16.6. The summed E-state index contributed by atoms with van der Waals surface area (Å²) in [7, 11) is 0. The standard InChI is InChI=1S/C23H16BrClN6S/c24-17-9-5-16(6-10-17)21-14-32-23(26-21)29-27-20(15-7-11-18(25)12-8-15)13-31-22-4-2-1-3-19(22)28-30-31/h1-12,14H,13H2,(H,26,29)/b27-20-. The van der Waals surface area contributed by atoms with E-state index < -0.39 is 0 Å². The molecule has 0 aliphatic rings. The first-order valence-electron chi connectivity index (χ1n) is 9.74. The molecular formula is C23H16BrClN6S. The molecule has 5 aromatic rings. The van der Waals surface area contributed by atoms with Crippen LogP contribution >= 0.6 is 38.9 Å². The summed E-state index contributed by atoms with van der Waals surface area (Å²) >= 11 is 11.1. The Hall–Kier alpha value is -3.07. The number of fused-ring (bicyclic) bond motifs is 1. The van der Waals surface area contributed by atoms with Crippen LogP contribution in [0.4, 0.5) is 5.13 Å². The average Bonchev–Trinajstić information content (AvgIpc) is 3.45. The molecule has 9 heteroatoms. The summed E-state index contributed by atoms with van der Waals surface area (Å²) in [6, 6.07) is 23.5. The van der Waals surface area contributed by atoms with Crippen molar-refractivity contribution in [2.75, 3.05) is 5.43 Å². The van der Waals surface area contributed by atoms with Crippen molar-refractivity contribution in [3.05, 3.63) is 93.2 Å². The van der Waals surface area contributed by atoms with E-state index in [9.17, 15) is 0 Å². The van der Waals surface area contributed by atoms with E-state index in [1.165, 1.54) is 11.3 Å². The van der Waals surface area contributed by atoms with Crippen LogP contribution in [-0.4, -0.2) is 25.7 Å². The van der Waals surface area contributed by atoms with E-state index in [0.29, 0.717) is 16.7 Å². The number of anilines is 1. The zero-order chi connectivity index (χ0) is 21.9. The number of thiazole rings is 1. The van der Waals surface area contributed by atoms with E-state index in [0.717, 1.165) is 38.0 Å². The SMILES string of the molecule is Clc1ccc(/C(Cn2nnc3ccccc32)=N\Nc2nc(-c3ccc(Br)cc3)cs2)cc1. The summed E-state index contributed by atoms with van der Waals surface area (Å²) in [6.07, 6.45) is 0.